The van der Waals surface area contributed by atoms with E-state index in [1.807, 2.05) is 36.5 Å². The molecule has 0 saturated carbocycles. The average molecular weight is 312 g/mol. The van der Waals surface area contributed by atoms with Gasteiger partial charge in [0.2, 0.25) is 5.91 Å². The highest BCUT2D eigenvalue weighted by Gasteiger charge is 2.12. The Bertz CT molecular complexity index is 659. The van der Waals surface area contributed by atoms with Gasteiger partial charge in [-0.1, -0.05) is 12.1 Å². The summed E-state index contributed by atoms with van der Waals surface area (Å²) in [6.07, 6.45) is 5.79. The number of fused-ring (bicyclic) bond motifs is 1. The molecule has 120 valence electrons. The summed E-state index contributed by atoms with van der Waals surface area (Å²) in [5.41, 5.74) is 2.12. The van der Waals surface area contributed by atoms with Crippen molar-refractivity contribution in [2.75, 3.05) is 19.8 Å². The first-order valence-corrected chi connectivity index (χ1v) is 7.85. The van der Waals surface area contributed by atoms with Crippen LogP contribution in [0, 0.1) is 0 Å². The Labute approximate surface area is 135 Å². The number of carbonyl (C=O) groups excluding carboxylic acids is 1. The molecule has 2 aromatic rings. The number of ether oxygens (including phenoxy) is 2. The van der Waals surface area contributed by atoms with E-state index in [1.54, 1.807) is 6.20 Å². The van der Waals surface area contributed by atoms with Crippen LogP contribution in [0.25, 0.3) is 0 Å². The lowest BCUT2D eigenvalue weighted by molar-refractivity contribution is -0.120. The van der Waals surface area contributed by atoms with Gasteiger partial charge in [-0.2, -0.15) is 0 Å². The van der Waals surface area contributed by atoms with E-state index < -0.39 is 0 Å². The van der Waals surface area contributed by atoms with Crippen molar-refractivity contribution in [1.29, 1.82) is 0 Å². The highest BCUT2D eigenvalue weighted by atomic mass is 16.6. The Morgan fingerprint density at radius 3 is 2.83 bits per heavy atom. The molecule has 0 bridgehead atoms. The number of nitrogens with one attached hydrogen (secondary N) is 1. The van der Waals surface area contributed by atoms with Crippen LogP contribution in [-0.2, 0) is 17.6 Å². The van der Waals surface area contributed by atoms with Crippen LogP contribution in [0.3, 0.4) is 0 Å². The maximum Gasteiger partial charge on any atom is 0.224 e. The van der Waals surface area contributed by atoms with Crippen LogP contribution < -0.4 is 14.8 Å². The van der Waals surface area contributed by atoms with Crippen LogP contribution >= 0.6 is 0 Å². The summed E-state index contributed by atoms with van der Waals surface area (Å²) in [6, 6.07) is 9.62. The molecule has 0 radical (unpaired) electrons. The second-order valence-corrected chi connectivity index (χ2v) is 5.47. The number of nitrogens with zero attached hydrogens (tertiary/aromatic N) is 1. The van der Waals surface area contributed by atoms with Crippen LogP contribution in [0.2, 0.25) is 0 Å². The number of rotatable bonds is 6. The largest absolute Gasteiger partial charge is 0.486 e. The van der Waals surface area contributed by atoms with E-state index in [2.05, 4.69) is 10.3 Å². The third kappa shape index (κ3) is 4.45. The van der Waals surface area contributed by atoms with Crippen molar-refractivity contribution < 1.29 is 14.3 Å². The first-order chi connectivity index (χ1) is 11.3. The van der Waals surface area contributed by atoms with Crippen molar-refractivity contribution in [2.45, 2.75) is 19.3 Å². The van der Waals surface area contributed by atoms with Crippen molar-refractivity contribution in [3.8, 4) is 11.5 Å². The predicted molar refractivity (Wildman–Crippen MR) is 86.7 cm³/mol. The number of aromatic nitrogens is 1. The van der Waals surface area contributed by atoms with Gasteiger partial charge in [-0.05, 0) is 42.2 Å². The van der Waals surface area contributed by atoms with Gasteiger partial charge < -0.3 is 14.8 Å². The summed E-state index contributed by atoms with van der Waals surface area (Å²) in [6.45, 7) is 1.79. The number of pyridine rings is 1. The smallest absolute Gasteiger partial charge is 0.224 e. The molecule has 1 aliphatic heterocycles. The highest BCUT2D eigenvalue weighted by molar-refractivity contribution is 5.78. The van der Waals surface area contributed by atoms with E-state index in [9.17, 15) is 4.79 Å². The van der Waals surface area contributed by atoms with Gasteiger partial charge in [-0.25, -0.2) is 0 Å². The third-order valence-corrected chi connectivity index (χ3v) is 3.66. The fraction of sp³-hybridized carbons (Fsp3) is 0.333. The standard InChI is InChI=1S/C18H20N2O3/c21-18(20-8-2-4-14-3-1-7-19-13-14)12-15-5-6-16-17(11-15)23-10-9-22-16/h1,3,5-7,11,13H,2,4,8-10,12H2,(H,20,21). The minimum Gasteiger partial charge on any atom is -0.486 e. The van der Waals surface area contributed by atoms with Crippen LogP contribution in [0.1, 0.15) is 17.5 Å². The zero-order chi connectivity index (χ0) is 15.9. The van der Waals surface area contributed by atoms with Crippen molar-refractivity contribution in [2.24, 2.45) is 0 Å². The number of benzene rings is 1. The van der Waals surface area contributed by atoms with Gasteiger partial charge in [-0.3, -0.25) is 9.78 Å². The molecule has 0 atom stereocenters. The Hall–Kier alpha value is -2.56. The molecule has 0 aliphatic carbocycles. The SMILES string of the molecule is O=C(Cc1ccc2c(c1)OCCO2)NCCCc1cccnc1. The van der Waals surface area contributed by atoms with Gasteiger partial charge in [0.05, 0.1) is 6.42 Å². The number of aryl methyl sites for hydroxylation is 1. The second kappa shape index (κ2) is 7.63. The van der Waals surface area contributed by atoms with Gasteiger partial charge in [0, 0.05) is 18.9 Å². The first kappa shape index (κ1) is 15.3. The highest BCUT2D eigenvalue weighted by Crippen LogP contribution is 2.30. The maximum absolute atomic E-state index is 12.0. The molecular weight excluding hydrogens is 292 g/mol. The fourth-order valence-corrected chi connectivity index (χ4v) is 2.51. The summed E-state index contributed by atoms with van der Waals surface area (Å²) in [4.78, 5) is 16.1. The minimum absolute atomic E-state index is 0.0212. The molecule has 0 spiro atoms. The van der Waals surface area contributed by atoms with Crippen molar-refractivity contribution in [3.63, 3.8) is 0 Å². The molecule has 0 fully saturated rings. The summed E-state index contributed by atoms with van der Waals surface area (Å²) in [5, 5.41) is 2.95. The minimum atomic E-state index is 0.0212. The van der Waals surface area contributed by atoms with E-state index in [1.165, 1.54) is 5.56 Å². The molecule has 1 aromatic carbocycles. The molecule has 0 unspecified atom stereocenters. The number of carbonyl (C=O) groups is 1. The summed E-state index contributed by atoms with van der Waals surface area (Å²) in [5.74, 6) is 1.49. The topological polar surface area (TPSA) is 60.5 Å². The normalized spacial score (nSPS) is 12.7. The van der Waals surface area contributed by atoms with Gasteiger partial charge in [0.15, 0.2) is 11.5 Å². The van der Waals surface area contributed by atoms with E-state index in [0.29, 0.717) is 26.2 Å². The van der Waals surface area contributed by atoms with E-state index >= 15 is 0 Å². The Morgan fingerprint density at radius 2 is 2.00 bits per heavy atom. The molecule has 1 aromatic heterocycles. The summed E-state index contributed by atoms with van der Waals surface area (Å²) >= 11 is 0. The fourth-order valence-electron chi connectivity index (χ4n) is 2.51. The van der Waals surface area contributed by atoms with Gasteiger partial charge in [0.25, 0.3) is 0 Å². The monoisotopic (exact) mass is 312 g/mol. The van der Waals surface area contributed by atoms with Crippen LogP contribution in [-0.4, -0.2) is 30.6 Å². The Morgan fingerprint density at radius 1 is 1.13 bits per heavy atom. The Kier molecular flexibility index (Phi) is 5.09. The molecule has 5 heteroatoms. The molecule has 1 aliphatic rings. The molecule has 1 N–H and O–H groups in total. The van der Waals surface area contributed by atoms with Crippen molar-refractivity contribution in [1.82, 2.24) is 10.3 Å². The van der Waals surface area contributed by atoms with Crippen LogP contribution in [0.15, 0.2) is 42.7 Å². The zero-order valence-corrected chi connectivity index (χ0v) is 13.0. The molecular formula is C18H20N2O3. The van der Waals surface area contributed by atoms with E-state index in [4.69, 9.17) is 9.47 Å². The molecule has 23 heavy (non-hydrogen) atoms. The molecule has 5 nitrogen and oxygen atoms in total. The van der Waals surface area contributed by atoms with Crippen LogP contribution in [0.5, 0.6) is 11.5 Å². The molecule has 1 amide bonds. The average Bonchev–Trinajstić information content (AvgIpc) is 2.59. The molecule has 3 rings (SSSR count). The van der Waals surface area contributed by atoms with E-state index in [-0.39, 0.29) is 5.91 Å². The first-order valence-electron chi connectivity index (χ1n) is 7.85. The predicted octanol–water partition coefficient (Wildman–Crippen LogP) is 2.14. The van der Waals surface area contributed by atoms with Gasteiger partial charge in [-0.15, -0.1) is 0 Å². The molecule has 0 saturated heterocycles. The maximum atomic E-state index is 12.0. The lowest BCUT2D eigenvalue weighted by Gasteiger charge is -2.18. The summed E-state index contributed by atoms with van der Waals surface area (Å²) < 4.78 is 11.0. The van der Waals surface area contributed by atoms with Gasteiger partial charge in [0.1, 0.15) is 13.2 Å². The van der Waals surface area contributed by atoms with Gasteiger partial charge >= 0.3 is 0 Å². The van der Waals surface area contributed by atoms with Crippen LogP contribution in [0.4, 0.5) is 0 Å². The van der Waals surface area contributed by atoms with E-state index in [0.717, 1.165) is 29.9 Å². The second-order valence-electron chi connectivity index (χ2n) is 5.47. The summed E-state index contributed by atoms with van der Waals surface area (Å²) in [7, 11) is 0. The lowest BCUT2D eigenvalue weighted by atomic mass is 10.1. The number of hydrogen-bond donors (Lipinski definition) is 1. The third-order valence-electron chi connectivity index (χ3n) is 3.66. The van der Waals surface area contributed by atoms with Crippen molar-refractivity contribution in [3.05, 3.63) is 53.9 Å². The zero-order valence-electron chi connectivity index (χ0n) is 13.0. The number of amides is 1. The molecule has 2 heterocycles. The van der Waals surface area contributed by atoms with Crippen molar-refractivity contribution >= 4 is 5.91 Å². The quantitative estimate of drug-likeness (QED) is 0.830. The lowest BCUT2D eigenvalue weighted by Crippen LogP contribution is -2.26. The number of hydrogen-bond acceptors (Lipinski definition) is 4. The Balaban J connectivity index is 1.42.